The third-order valence-corrected chi connectivity index (χ3v) is 2.99. The van der Waals surface area contributed by atoms with Crippen LogP contribution in [0.2, 0.25) is 0 Å². The van der Waals surface area contributed by atoms with Crippen molar-refractivity contribution < 1.29 is 14.6 Å². The fourth-order valence-electron chi connectivity index (χ4n) is 1.89. The van der Waals surface area contributed by atoms with E-state index in [0.29, 0.717) is 18.1 Å². The third-order valence-electron chi connectivity index (χ3n) is 2.99. The van der Waals surface area contributed by atoms with Crippen LogP contribution < -0.4 is 15.4 Å². The average molecular weight is 301 g/mol. The molecular weight excluding hydrogens is 282 g/mol. The van der Waals surface area contributed by atoms with Gasteiger partial charge in [0.15, 0.2) is 0 Å². The Bertz CT molecular complexity index is 597. The highest BCUT2D eigenvalue weighted by Crippen LogP contribution is 2.13. The number of ether oxygens (including phenoxy) is 1. The second-order valence-electron chi connectivity index (χ2n) is 4.66. The van der Waals surface area contributed by atoms with E-state index in [-0.39, 0.29) is 18.9 Å². The summed E-state index contributed by atoms with van der Waals surface area (Å²) < 4.78 is 5.08. The van der Waals surface area contributed by atoms with Crippen molar-refractivity contribution in [1.82, 2.24) is 4.98 Å². The lowest BCUT2D eigenvalue weighted by Gasteiger charge is -2.07. The van der Waals surface area contributed by atoms with Gasteiger partial charge >= 0.3 is 0 Å². The van der Waals surface area contributed by atoms with E-state index in [1.54, 1.807) is 25.4 Å². The Balaban J connectivity index is 1.88. The molecule has 0 aliphatic rings. The van der Waals surface area contributed by atoms with Crippen LogP contribution in [0.15, 0.2) is 42.6 Å². The Kier molecular flexibility index (Phi) is 5.73. The Morgan fingerprint density at radius 1 is 1.23 bits per heavy atom. The second-order valence-corrected chi connectivity index (χ2v) is 4.66. The van der Waals surface area contributed by atoms with E-state index in [0.717, 1.165) is 11.3 Å². The van der Waals surface area contributed by atoms with Crippen LogP contribution >= 0.6 is 0 Å². The van der Waals surface area contributed by atoms with Gasteiger partial charge < -0.3 is 20.5 Å². The fraction of sp³-hybridized carbons (Fsp3) is 0.250. The largest absolute Gasteiger partial charge is 0.497 e. The number of amides is 1. The van der Waals surface area contributed by atoms with Gasteiger partial charge in [-0.1, -0.05) is 12.1 Å². The van der Waals surface area contributed by atoms with Gasteiger partial charge in [0, 0.05) is 6.54 Å². The first-order valence-electron chi connectivity index (χ1n) is 6.95. The highest BCUT2D eigenvalue weighted by Gasteiger charge is 2.05. The number of methoxy groups -OCH3 is 1. The van der Waals surface area contributed by atoms with Crippen molar-refractivity contribution in [2.45, 2.75) is 6.42 Å². The molecule has 0 fully saturated rings. The van der Waals surface area contributed by atoms with Crippen molar-refractivity contribution in [3.8, 4) is 5.75 Å². The maximum Gasteiger partial charge on any atom is 0.228 e. The van der Waals surface area contributed by atoms with Crippen LogP contribution in [0.4, 0.5) is 11.5 Å². The lowest BCUT2D eigenvalue weighted by Crippen LogP contribution is -2.14. The zero-order chi connectivity index (χ0) is 15.8. The number of hydrogen-bond acceptors (Lipinski definition) is 5. The molecule has 6 nitrogen and oxygen atoms in total. The first-order valence-corrected chi connectivity index (χ1v) is 6.95. The molecule has 1 heterocycles. The van der Waals surface area contributed by atoms with E-state index >= 15 is 0 Å². The number of hydrogen-bond donors (Lipinski definition) is 3. The summed E-state index contributed by atoms with van der Waals surface area (Å²) in [4.78, 5) is 16.1. The number of pyridine rings is 1. The molecule has 0 saturated carbocycles. The summed E-state index contributed by atoms with van der Waals surface area (Å²) in [6.07, 6.45) is 1.86. The standard InChI is InChI=1S/C16H19N3O3/c1-22-14-5-2-12(3-6-14)10-16(21)19-13-4-7-15(18-11-13)17-8-9-20/h2-7,11,20H,8-10H2,1H3,(H,17,18)(H,19,21). The first kappa shape index (κ1) is 15.8. The van der Waals surface area contributed by atoms with Crippen molar-refractivity contribution >= 4 is 17.4 Å². The maximum atomic E-state index is 12.0. The summed E-state index contributed by atoms with van der Waals surface area (Å²) in [7, 11) is 1.60. The van der Waals surface area contributed by atoms with E-state index in [2.05, 4.69) is 15.6 Å². The molecule has 0 radical (unpaired) electrons. The van der Waals surface area contributed by atoms with E-state index < -0.39 is 0 Å². The number of aliphatic hydroxyl groups excluding tert-OH is 1. The van der Waals surface area contributed by atoms with E-state index in [1.165, 1.54) is 0 Å². The van der Waals surface area contributed by atoms with Crippen molar-refractivity contribution in [2.75, 3.05) is 30.9 Å². The summed E-state index contributed by atoms with van der Waals surface area (Å²) >= 11 is 0. The normalized spacial score (nSPS) is 10.1. The number of anilines is 2. The lowest BCUT2D eigenvalue weighted by molar-refractivity contribution is -0.115. The monoisotopic (exact) mass is 301 g/mol. The molecule has 0 aliphatic carbocycles. The number of benzene rings is 1. The molecular formula is C16H19N3O3. The molecule has 0 atom stereocenters. The minimum atomic E-state index is -0.108. The summed E-state index contributed by atoms with van der Waals surface area (Å²) in [5, 5.41) is 14.5. The van der Waals surface area contributed by atoms with Crippen molar-refractivity contribution in [1.29, 1.82) is 0 Å². The molecule has 0 bridgehead atoms. The smallest absolute Gasteiger partial charge is 0.228 e. The highest BCUT2D eigenvalue weighted by molar-refractivity contribution is 5.92. The summed E-state index contributed by atoms with van der Waals surface area (Å²) in [6.45, 7) is 0.484. The molecule has 0 unspecified atom stereocenters. The van der Waals surface area contributed by atoms with Gasteiger partial charge in [0.05, 0.1) is 32.0 Å². The SMILES string of the molecule is COc1ccc(CC(=O)Nc2ccc(NCCO)nc2)cc1. The second kappa shape index (κ2) is 7.99. The van der Waals surface area contributed by atoms with Gasteiger partial charge in [-0.05, 0) is 29.8 Å². The molecule has 2 rings (SSSR count). The van der Waals surface area contributed by atoms with Crippen LogP contribution in [0.1, 0.15) is 5.56 Å². The molecule has 1 aromatic carbocycles. The molecule has 1 amide bonds. The average Bonchev–Trinajstić information content (AvgIpc) is 2.55. The molecule has 6 heteroatoms. The Hall–Kier alpha value is -2.60. The van der Waals surface area contributed by atoms with E-state index in [4.69, 9.17) is 9.84 Å². The number of rotatable bonds is 7. The van der Waals surface area contributed by atoms with Gasteiger partial charge in [0.2, 0.25) is 5.91 Å². The Labute approximate surface area is 129 Å². The van der Waals surface area contributed by atoms with Gasteiger partial charge in [-0.3, -0.25) is 4.79 Å². The zero-order valence-electron chi connectivity index (χ0n) is 12.4. The molecule has 0 saturated heterocycles. The Morgan fingerprint density at radius 2 is 2.00 bits per heavy atom. The summed E-state index contributed by atoms with van der Waals surface area (Å²) in [6, 6.07) is 10.9. The van der Waals surface area contributed by atoms with Crippen molar-refractivity contribution in [2.24, 2.45) is 0 Å². The van der Waals surface area contributed by atoms with Crippen molar-refractivity contribution in [3.05, 3.63) is 48.2 Å². The van der Waals surface area contributed by atoms with Crippen LogP contribution in [0.5, 0.6) is 5.75 Å². The van der Waals surface area contributed by atoms with Crippen molar-refractivity contribution in [3.63, 3.8) is 0 Å². The van der Waals surface area contributed by atoms with Gasteiger partial charge in [-0.2, -0.15) is 0 Å². The summed E-state index contributed by atoms with van der Waals surface area (Å²) in [5.41, 5.74) is 1.54. The maximum absolute atomic E-state index is 12.0. The van der Waals surface area contributed by atoms with Crippen LogP contribution in [-0.4, -0.2) is 36.3 Å². The minimum absolute atomic E-state index is 0.0437. The van der Waals surface area contributed by atoms with Gasteiger partial charge in [0.1, 0.15) is 11.6 Å². The van der Waals surface area contributed by atoms with Gasteiger partial charge in [0.25, 0.3) is 0 Å². The number of aromatic nitrogens is 1. The van der Waals surface area contributed by atoms with Crippen LogP contribution in [0.25, 0.3) is 0 Å². The summed E-state index contributed by atoms with van der Waals surface area (Å²) in [5.74, 6) is 1.31. The number of nitrogens with one attached hydrogen (secondary N) is 2. The quantitative estimate of drug-likeness (QED) is 0.724. The highest BCUT2D eigenvalue weighted by atomic mass is 16.5. The topological polar surface area (TPSA) is 83.5 Å². The third kappa shape index (κ3) is 4.75. The van der Waals surface area contributed by atoms with Crippen LogP contribution in [-0.2, 0) is 11.2 Å². The molecule has 1 aromatic heterocycles. The number of aliphatic hydroxyl groups is 1. The molecule has 0 spiro atoms. The number of carbonyl (C=O) groups excluding carboxylic acids is 1. The molecule has 2 aromatic rings. The number of carbonyl (C=O) groups is 1. The zero-order valence-corrected chi connectivity index (χ0v) is 12.4. The van der Waals surface area contributed by atoms with Gasteiger partial charge in [-0.15, -0.1) is 0 Å². The molecule has 116 valence electrons. The predicted octanol–water partition coefficient (Wildman–Crippen LogP) is 1.68. The minimum Gasteiger partial charge on any atom is -0.497 e. The van der Waals surface area contributed by atoms with Gasteiger partial charge in [-0.25, -0.2) is 4.98 Å². The van der Waals surface area contributed by atoms with E-state index in [1.807, 2.05) is 24.3 Å². The molecule has 3 N–H and O–H groups in total. The molecule has 22 heavy (non-hydrogen) atoms. The lowest BCUT2D eigenvalue weighted by atomic mass is 10.1. The van der Waals surface area contributed by atoms with Crippen LogP contribution in [0.3, 0.4) is 0 Å². The molecule has 0 aliphatic heterocycles. The fourth-order valence-corrected chi connectivity index (χ4v) is 1.89. The Morgan fingerprint density at radius 3 is 2.59 bits per heavy atom. The first-order chi connectivity index (χ1) is 10.7. The number of nitrogens with zero attached hydrogens (tertiary/aromatic N) is 1. The van der Waals surface area contributed by atoms with E-state index in [9.17, 15) is 4.79 Å². The predicted molar refractivity (Wildman–Crippen MR) is 85.1 cm³/mol. The van der Waals surface area contributed by atoms with Crippen LogP contribution in [0, 0.1) is 0 Å².